The van der Waals surface area contributed by atoms with Gasteiger partial charge in [0.2, 0.25) is 35.4 Å². The molecule has 20 atom stereocenters. The Labute approximate surface area is 704 Å². The molecule has 694 valence electrons. The zero-order chi connectivity index (χ0) is 88.2. The zero-order valence-corrected chi connectivity index (χ0v) is 71.2. The molecule has 4 aliphatic rings. The van der Waals surface area contributed by atoms with Crippen molar-refractivity contribution < 1.29 is 156 Å². The Morgan fingerprint density at radius 2 is 0.692 bits per heavy atom. The molecule has 0 aromatic rings. The third kappa shape index (κ3) is 42.5. The number of nitrogens with one attached hydrogen (secondary N) is 6. The number of Topliss-reactive ketones (excluding diaryl/α,β-unsaturated/α-hetero) is 4. The highest BCUT2D eigenvalue weighted by Gasteiger charge is 2.48. The van der Waals surface area contributed by atoms with Crippen LogP contribution in [0, 0.1) is 5.92 Å². The SMILES string of the molecule is COC[C@H]1O[C@@H](C)[C@H](OCCCCCCNC(=O)CCCC(=O)NC(COCCC(=O)CCCCCC(=O)CCCCO[C@@H]2OC(CO)[C@H](O)[C@H](O)C2C)(COCCC(=O)CCCCCC(=O)CCCCO[C@@H]2OC(CO)[C@H](O)[C@H](O)C2NC(C)=O)COCCC(=O)NCCCNC(=O)CCCCO[C@@H]2OC(CO)[C@H](O)[C@H](O)C2NC(C)=O)[C@@H]1O. The second-order valence-electron chi connectivity index (χ2n) is 31.8. The molecule has 4 aliphatic heterocycles. The molecule has 0 aromatic carbocycles. The first-order chi connectivity index (χ1) is 57.6. The molecule has 4 heterocycles. The molecule has 0 saturated carbocycles. The number of rotatable bonds is 69. The largest absolute Gasteiger partial charge is 0.394 e. The highest BCUT2D eigenvalue weighted by atomic mass is 16.7. The van der Waals surface area contributed by atoms with Gasteiger partial charge >= 0.3 is 0 Å². The monoisotopic (exact) mass is 1720 g/mol. The Kier molecular flexibility index (Phi) is 55.1. The topological polar surface area (TPSA) is 556 Å². The summed E-state index contributed by atoms with van der Waals surface area (Å²) in [7, 11) is 1.54. The second-order valence-corrected chi connectivity index (χ2v) is 31.8. The van der Waals surface area contributed by atoms with Crippen LogP contribution in [-0.4, -0.2) is 345 Å². The molecule has 4 fully saturated rings. The third-order valence-corrected chi connectivity index (χ3v) is 21.3. The van der Waals surface area contributed by atoms with Crippen molar-refractivity contribution in [2.24, 2.45) is 5.92 Å². The maximum Gasteiger partial charge on any atom is 0.222 e. The van der Waals surface area contributed by atoms with Gasteiger partial charge in [-0.25, -0.2) is 0 Å². The van der Waals surface area contributed by atoms with Gasteiger partial charge in [0.15, 0.2) is 18.9 Å². The van der Waals surface area contributed by atoms with E-state index in [4.69, 9.17) is 56.8 Å². The molecule has 38 heteroatoms. The molecule has 4 saturated heterocycles. The summed E-state index contributed by atoms with van der Waals surface area (Å²) in [6.07, 6.45) is -5.03. The van der Waals surface area contributed by atoms with Crippen LogP contribution < -0.4 is 31.9 Å². The molecular formula is C82H144N6O32. The first-order valence-electron chi connectivity index (χ1n) is 43.2. The quantitative estimate of drug-likeness (QED) is 0.0339. The molecule has 0 aromatic heterocycles. The lowest BCUT2D eigenvalue weighted by atomic mass is 9.92. The Morgan fingerprint density at radius 1 is 0.342 bits per heavy atom. The minimum atomic E-state index is -1.46. The van der Waals surface area contributed by atoms with E-state index in [1.54, 1.807) is 14.0 Å². The molecule has 0 aliphatic carbocycles. The summed E-state index contributed by atoms with van der Waals surface area (Å²) in [5, 5.41) is 118. The van der Waals surface area contributed by atoms with Gasteiger partial charge in [-0.1, -0.05) is 32.6 Å². The number of aliphatic hydroxyl groups is 10. The van der Waals surface area contributed by atoms with Crippen LogP contribution in [0.1, 0.15) is 220 Å². The average molecular weight is 1730 g/mol. The van der Waals surface area contributed by atoms with E-state index in [-0.39, 0.29) is 190 Å². The fraction of sp³-hybridized carbons (Fsp3) is 0.878. The molecule has 16 N–H and O–H groups in total. The maximum absolute atomic E-state index is 14.0. The van der Waals surface area contributed by atoms with E-state index < -0.39 is 153 Å². The molecule has 0 bridgehead atoms. The number of ketones is 4. The second kappa shape index (κ2) is 61.9. The van der Waals surface area contributed by atoms with Crippen LogP contribution in [0.4, 0.5) is 0 Å². The molecule has 7 unspecified atom stereocenters. The van der Waals surface area contributed by atoms with E-state index in [1.165, 1.54) is 13.8 Å². The fourth-order valence-corrected chi connectivity index (χ4v) is 14.2. The predicted molar refractivity (Wildman–Crippen MR) is 428 cm³/mol. The van der Waals surface area contributed by atoms with Crippen LogP contribution >= 0.6 is 0 Å². The summed E-state index contributed by atoms with van der Waals surface area (Å²) < 4.78 is 69.3. The highest BCUT2D eigenvalue weighted by Crippen LogP contribution is 2.29. The number of carbonyl (C=O) groups is 10. The van der Waals surface area contributed by atoms with Gasteiger partial charge in [-0.3, -0.25) is 47.9 Å². The van der Waals surface area contributed by atoms with E-state index in [1.807, 2.05) is 6.92 Å². The Morgan fingerprint density at radius 3 is 1.14 bits per heavy atom. The van der Waals surface area contributed by atoms with E-state index in [0.29, 0.717) is 122 Å². The minimum absolute atomic E-state index is 0.000156. The van der Waals surface area contributed by atoms with Crippen LogP contribution in [0.2, 0.25) is 0 Å². The van der Waals surface area contributed by atoms with Crippen molar-refractivity contribution in [3.8, 4) is 0 Å². The maximum atomic E-state index is 14.0. The molecule has 120 heavy (non-hydrogen) atoms. The van der Waals surface area contributed by atoms with Crippen LogP contribution in [0.5, 0.6) is 0 Å². The van der Waals surface area contributed by atoms with E-state index >= 15 is 0 Å². The molecule has 0 spiro atoms. The summed E-state index contributed by atoms with van der Waals surface area (Å²) in [6.45, 7) is 5.31. The third-order valence-electron chi connectivity index (χ3n) is 21.3. The van der Waals surface area contributed by atoms with Gasteiger partial charge < -0.3 is 140 Å². The van der Waals surface area contributed by atoms with E-state index in [0.717, 1.165) is 19.3 Å². The van der Waals surface area contributed by atoms with Gasteiger partial charge in [0.25, 0.3) is 0 Å². The van der Waals surface area contributed by atoms with Crippen molar-refractivity contribution in [1.82, 2.24) is 31.9 Å². The van der Waals surface area contributed by atoms with Crippen molar-refractivity contribution in [2.45, 2.75) is 336 Å². The molecular weight excluding hydrogens is 1580 g/mol. The number of unbranched alkanes of at least 4 members (excludes halogenated alkanes) is 10. The summed E-state index contributed by atoms with van der Waals surface area (Å²) in [6, 6.07) is -2.18. The van der Waals surface area contributed by atoms with Gasteiger partial charge in [-0.05, 0) is 96.8 Å². The number of aliphatic hydroxyl groups excluding tert-OH is 10. The Balaban J connectivity index is 1.30. The van der Waals surface area contributed by atoms with E-state index in [2.05, 4.69) is 31.9 Å². The number of hydrogen-bond acceptors (Lipinski definition) is 32. The number of ether oxygens (including phenoxy) is 12. The van der Waals surface area contributed by atoms with Crippen LogP contribution in [0.25, 0.3) is 0 Å². The average Bonchev–Trinajstić information content (AvgIpc) is 1.15. The van der Waals surface area contributed by atoms with Crippen LogP contribution in [0.15, 0.2) is 0 Å². The van der Waals surface area contributed by atoms with Crippen molar-refractivity contribution in [3.63, 3.8) is 0 Å². The fourth-order valence-electron chi connectivity index (χ4n) is 14.2. The molecule has 0 radical (unpaired) electrons. The molecule has 6 amide bonds. The van der Waals surface area contributed by atoms with Crippen molar-refractivity contribution in [2.75, 3.05) is 119 Å². The lowest BCUT2D eigenvalue weighted by Crippen LogP contribution is -2.64. The van der Waals surface area contributed by atoms with Crippen molar-refractivity contribution in [1.29, 1.82) is 0 Å². The molecule has 4 rings (SSSR count). The van der Waals surface area contributed by atoms with Crippen LogP contribution in [-0.2, 0) is 105 Å². The van der Waals surface area contributed by atoms with Crippen LogP contribution in [0.3, 0.4) is 0 Å². The van der Waals surface area contributed by atoms with Crippen molar-refractivity contribution >= 4 is 58.6 Å². The molecule has 38 nitrogen and oxygen atoms in total. The predicted octanol–water partition coefficient (Wildman–Crippen LogP) is -0.589. The number of methoxy groups -OCH3 is 1. The first kappa shape index (κ1) is 107. The standard InChI is InChI=1S/C82H144N6O32/c1-53-71(102)72(103)61(46-89)118-79(53)114-40-19-14-28-57(94)24-10-8-12-26-59(96)33-43-110-50-82(88-68(101)32-22-31-66(99)83-36-17-6-7-18-39-113-78-54(2)117-64(49-109-5)75(78)106,51-111-44-34-60(97)27-13-9-11-25-58(95)29-15-20-41-115-80-69(86-55(3)92)76(107)73(104)62(47-90)119-80)52-112-45-35-67(100)85-38-23-37-84-65(98)30-16-21-42-116-81-70(87-56(4)93)77(108)74(105)63(48-91)120-81/h53-54,61-64,69-81,89-91,102-108H,6-52H2,1-5H3,(H,83,99)(H,84,98)(H,85,100)(H,86,92)(H,87,93)(H,88,101)/t53?,54-,61?,62?,63?,64+,69?,70?,71+,72-,73-,74-,75+,76+,77+,78-,79+,80+,81+,82?/m0/s1. The minimum Gasteiger partial charge on any atom is -0.394 e. The van der Waals surface area contributed by atoms with Gasteiger partial charge in [-0.15, -0.1) is 0 Å². The summed E-state index contributed by atoms with van der Waals surface area (Å²) in [5.41, 5.74) is -1.45. The number of hydrogen-bond donors (Lipinski definition) is 16. The Hall–Kier alpha value is -5.38. The highest BCUT2D eigenvalue weighted by molar-refractivity contribution is 5.81. The normalized spacial score (nSPS) is 26.6. The van der Waals surface area contributed by atoms with E-state index in [9.17, 15) is 99.0 Å². The van der Waals surface area contributed by atoms with Gasteiger partial charge in [0.05, 0.1) is 78.3 Å². The number of amides is 6. The number of carbonyl (C=O) groups excluding carboxylic acids is 10. The Bertz CT molecular complexity index is 2830. The van der Waals surface area contributed by atoms with Gasteiger partial charge in [0.1, 0.15) is 108 Å². The lowest BCUT2D eigenvalue weighted by molar-refractivity contribution is -0.282. The zero-order valence-electron chi connectivity index (χ0n) is 71.2. The van der Waals surface area contributed by atoms with Gasteiger partial charge in [0, 0.05) is 150 Å². The lowest BCUT2D eigenvalue weighted by Gasteiger charge is -2.42. The van der Waals surface area contributed by atoms with Crippen molar-refractivity contribution in [3.05, 3.63) is 0 Å². The smallest absolute Gasteiger partial charge is 0.222 e. The summed E-state index contributed by atoms with van der Waals surface area (Å²) in [4.78, 5) is 128. The first-order valence-corrected chi connectivity index (χ1v) is 43.2. The van der Waals surface area contributed by atoms with Gasteiger partial charge in [-0.2, -0.15) is 0 Å². The summed E-state index contributed by atoms with van der Waals surface area (Å²) in [5.74, 6) is -2.99. The summed E-state index contributed by atoms with van der Waals surface area (Å²) >= 11 is 0.